The van der Waals surface area contributed by atoms with E-state index in [1.54, 1.807) is 41.2 Å². The van der Waals surface area contributed by atoms with Gasteiger partial charge in [-0.1, -0.05) is 65.1 Å². The molecule has 0 atom stereocenters. The maximum absolute atomic E-state index is 12.7. The Morgan fingerprint density at radius 1 is 1.09 bits per heavy atom. The van der Waals surface area contributed by atoms with Gasteiger partial charge >= 0.3 is 0 Å². The Morgan fingerprint density at radius 3 is 2.71 bits per heavy atom. The van der Waals surface area contributed by atoms with Gasteiger partial charge in [-0.15, -0.1) is 6.58 Å². The van der Waals surface area contributed by atoms with Crippen molar-refractivity contribution in [1.82, 2.24) is 9.78 Å². The molecule has 0 saturated carbocycles. The zero-order valence-corrected chi connectivity index (χ0v) is 20.2. The monoisotopic (exact) mass is 515 g/mol. The van der Waals surface area contributed by atoms with Gasteiger partial charge in [0.05, 0.1) is 6.54 Å². The van der Waals surface area contributed by atoms with Gasteiger partial charge in [-0.05, 0) is 47.9 Å². The highest BCUT2D eigenvalue weighted by Gasteiger charge is 2.17. The first-order chi connectivity index (χ1) is 16.4. The molecule has 0 saturated heterocycles. The third-order valence-corrected chi connectivity index (χ3v) is 5.75. The number of nitrogens with zero attached hydrogens (tertiary/aromatic N) is 2. The van der Waals surface area contributed by atoms with Gasteiger partial charge in [0.1, 0.15) is 23.1 Å². The number of hydrogen-bond acceptors (Lipinski definition) is 4. The summed E-state index contributed by atoms with van der Waals surface area (Å²) in [5.74, 6) is 1.10. The van der Waals surface area contributed by atoms with Crippen LogP contribution >= 0.6 is 34.8 Å². The zero-order chi connectivity index (χ0) is 24.1. The number of furan rings is 1. The highest BCUT2D eigenvalue weighted by atomic mass is 35.5. The second-order valence-electron chi connectivity index (χ2n) is 7.37. The molecule has 2 aromatic heterocycles. The Balaban J connectivity index is 1.39. The van der Waals surface area contributed by atoms with Crippen LogP contribution < -0.4 is 10.1 Å². The summed E-state index contributed by atoms with van der Waals surface area (Å²) in [6, 6.07) is 16.2. The lowest BCUT2D eigenvalue weighted by Gasteiger charge is -2.08. The van der Waals surface area contributed by atoms with Gasteiger partial charge in [0.15, 0.2) is 11.6 Å². The smallest absolute Gasteiger partial charge is 0.292 e. The molecule has 9 heteroatoms. The van der Waals surface area contributed by atoms with Crippen molar-refractivity contribution in [3.8, 4) is 5.75 Å². The van der Waals surface area contributed by atoms with Gasteiger partial charge in [-0.25, -0.2) is 0 Å². The van der Waals surface area contributed by atoms with Gasteiger partial charge in [0.25, 0.3) is 5.91 Å². The summed E-state index contributed by atoms with van der Waals surface area (Å²) in [4.78, 5) is 12.7. The normalized spacial score (nSPS) is 10.8. The van der Waals surface area contributed by atoms with Gasteiger partial charge in [-0.2, -0.15) is 5.10 Å². The molecule has 0 fully saturated rings. The van der Waals surface area contributed by atoms with Crippen LogP contribution in [0.15, 0.2) is 77.9 Å². The molecule has 0 spiro atoms. The summed E-state index contributed by atoms with van der Waals surface area (Å²) in [5, 5.41) is 8.34. The molecule has 4 rings (SSSR count). The number of allylic oxidation sites excluding steroid dienone is 1. The average Bonchev–Trinajstić information content (AvgIpc) is 3.42. The minimum atomic E-state index is -0.477. The second kappa shape index (κ2) is 10.8. The number of halogens is 3. The lowest BCUT2D eigenvalue weighted by molar-refractivity contribution is 0.0992. The highest BCUT2D eigenvalue weighted by molar-refractivity contribution is 6.35. The summed E-state index contributed by atoms with van der Waals surface area (Å²) in [7, 11) is 0. The maximum Gasteiger partial charge on any atom is 0.292 e. The van der Waals surface area contributed by atoms with Crippen molar-refractivity contribution in [3.05, 3.63) is 111 Å². The summed E-state index contributed by atoms with van der Waals surface area (Å²) < 4.78 is 13.1. The van der Waals surface area contributed by atoms with Gasteiger partial charge in [0.2, 0.25) is 0 Å². The molecule has 1 N–H and O–H groups in total. The number of nitrogens with one attached hydrogen (secondary N) is 1. The second-order valence-corrected chi connectivity index (χ2v) is 8.62. The fourth-order valence-electron chi connectivity index (χ4n) is 3.25. The number of hydrogen-bond donors (Lipinski definition) is 1. The summed E-state index contributed by atoms with van der Waals surface area (Å²) in [6.45, 7) is 4.30. The van der Waals surface area contributed by atoms with Gasteiger partial charge in [0, 0.05) is 16.2 Å². The summed E-state index contributed by atoms with van der Waals surface area (Å²) >= 11 is 18.4. The van der Waals surface area contributed by atoms with Crippen molar-refractivity contribution in [2.45, 2.75) is 19.6 Å². The molecule has 6 nitrogen and oxygen atoms in total. The molecule has 0 bridgehead atoms. The third kappa shape index (κ3) is 5.83. The lowest BCUT2D eigenvalue weighted by atomic mass is 10.1. The molecule has 2 heterocycles. The molecule has 4 aromatic rings. The molecular formula is C25H20Cl3N3O3. The zero-order valence-electron chi connectivity index (χ0n) is 17.9. The number of carbonyl (C=O) groups is 1. The van der Waals surface area contributed by atoms with E-state index in [-0.39, 0.29) is 23.2 Å². The van der Waals surface area contributed by atoms with Gasteiger partial charge in [-0.3, -0.25) is 9.48 Å². The molecule has 0 unspecified atom stereocenters. The Labute approximate surface area is 211 Å². The van der Waals surface area contributed by atoms with Crippen molar-refractivity contribution in [1.29, 1.82) is 0 Å². The highest BCUT2D eigenvalue weighted by Crippen LogP contribution is 2.25. The van der Waals surface area contributed by atoms with E-state index in [1.165, 1.54) is 0 Å². The number of carbonyl (C=O) groups excluding carboxylic acids is 1. The van der Waals surface area contributed by atoms with E-state index in [0.29, 0.717) is 28.8 Å². The minimum Gasteiger partial charge on any atom is -0.485 e. The minimum absolute atomic E-state index is 0.115. The third-order valence-electron chi connectivity index (χ3n) is 4.89. The molecule has 0 aliphatic rings. The number of anilines is 1. The average molecular weight is 517 g/mol. The molecule has 0 aliphatic heterocycles. The van der Waals surface area contributed by atoms with Crippen molar-refractivity contribution in [3.63, 3.8) is 0 Å². The summed E-state index contributed by atoms with van der Waals surface area (Å²) in [6.07, 6.45) is 4.11. The molecule has 174 valence electrons. The standard InChI is InChI=1S/C25H20Cl3N3O3/c1-2-5-16-6-3-4-7-22(16)33-15-19-10-11-23(34-19)25(32)29-24-21(28)14-31(30-24)13-17-8-9-18(26)12-20(17)27/h2-4,6-12,14H,1,5,13,15H2,(H,29,30,32). The van der Waals surface area contributed by atoms with Crippen LogP contribution in [0.3, 0.4) is 0 Å². The molecular weight excluding hydrogens is 497 g/mol. The van der Waals surface area contributed by atoms with E-state index in [4.69, 9.17) is 44.0 Å². The van der Waals surface area contributed by atoms with Crippen LogP contribution in [0.25, 0.3) is 0 Å². The Morgan fingerprint density at radius 2 is 1.91 bits per heavy atom. The molecule has 0 aliphatic carbocycles. The van der Waals surface area contributed by atoms with E-state index in [2.05, 4.69) is 17.0 Å². The Hall–Kier alpha value is -3.19. The topological polar surface area (TPSA) is 69.3 Å². The van der Waals surface area contributed by atoms with Crippen LogP contribution in [0.1, 0.15) is 27.4 Å². The van der Waals surface area contributed by atoms with E-state index >= 15 is 0 Å². The number of benzene rings is 2. The number of ether oxygens (including phenoxy) is 1. The molecule has 1 amide bonds. The SMILES string of the molecule is C=CCc1ccccc1OCc1ccc(C(=O)Nc2nn(Cc3ccc(Cl)cc3Cl)cc2Cl)o1. The van der Waals surface area contributed by atoms with Gasteiger partial charge < -0.3 is 14.5 Å². The van der Waals surface area contributed by atoms with Crippen LogP contribution in [0.2, 0.25) is 15.1 Å². The Kier molecular flexibility index (Phi) is 7.63. The first-order valence-corrected chi connectivity index (χ1v) is 11.4. The fraction of sp³-hybridized carbons (Fsp3) is 0.120. The van der Waals surface area contributed by atoms with Crippen molar-refractivity contribution in [2.75, 3.05) is 5.32 Å². The van der Waals surface area contributed by atoms with Crippen LogP contribution in [0.4, 0.5) is 5.82 Å². The van der Waals surface area contributed by atoms with E-state index in [1.807, 2.05) is 30.3 Å². The molecule has 2 aromatic carbocycles. The predicted octanol–water partition coefficient (Wildman–Crippen LogP) is 7.04. The van der Waals surface area contributed by atoms with Crippen LogP contribution in [-0.4, -0.2) is 15.7 Å². The van der Waals surface area contributed by atoms with Crippen molar-refractivity contribution >= 4 is 46.5 Å². The number of rotatable bonds is 9. The quantitative estimate of drug-likeness (QED) is 0.242. The number of para-hydroxylation sites is 1. The molecule has 0 radical (unpaired) electrons. The van der Waals surface area contributed by atoms with Crippen molar-refractivity contribution in [2.24, 2.45) is 0 Å². The van der Waals surface area contributed by atoms with E-state index < -0.39 is 5.91 Å². The Bertz CT molecular complexity index is 1330. The number of amides is 1. The van der Waals surface area contributed by atoms with Crippen molar-refractivity contribution < 1.29 is 13.9 Å². The van der Waals surface area contributed by atoms with Crippen LogP contribution in [0, 0.1) is 0 Å². The maximum atomic E-state index is 12.7. The van der Waals surface area contributed by atoms with Crippen LogP contribution in [-0.2, 0) is 19.6 Å². The van der Waals surface area contributed by atoms with E-state index in [0.717, 1.165) is 16.9 Å². The lowest BCUT2D eigenvalue weighted by Crippen LogP contribution is -2.12. The first kappa shape index (κ1) is 24.0. The van der Waals surface area contributed by atoms with Crippen LogP contribution in [0.5, 0.6) is 5.75 Å². The fourth-order valence-corrected chi connectivity index (χ4v) is 3.92. The van der Waals surface area contributed by atoms with E-state index in [9.17, 15) is 4.79 Å². The summed E-state index contributed by atoms with van der Waals surface area (Å²) in [5.41, 5.74) is 1.83. The first-order valence-electron chi connectivity index (χ1n) is 10.3. The molecule has 34 heavy (non-hydrogen) atoms. The number of aromatic nitrogens is 2. The predicted molar refractivity (Wildman–Crippen MR) is 134 cm³/mol. The largest absolute Gasteiger partial charge is 0.485 e.